The number of carbonyl (C=O) groups excluding carboxylic acids is 1. The van der Waals surface area contributed by atoms with Gasteiger partial charge in [-0.15, -0.1) is 0 Å². The van der Waals surface area contributed by atoms with Crippen LogP contribution < -0.4 is 10.6 Å². The molecule has 24 heavy (non-hydrogen) atoms. The lowest BCUT2D eigenvalue weighted by molar-refractivity contribution is -0.123. The number of pyridine rings is 1. The Morgan fingerprint density at radius 1 is 1.42 bits per heavy atom. The van der Waals surface area contributed by atoms with Crippen molar-refractivity contribution in [3.8, 4) is 0 Å². The maximum Gasteiger partial charge on any atom is 0.225 e. The van der Waals surface area contributed by atoms with E-state index in [2.05, 4.69) is 15.0 Å². The zero-order valence-corrected chi connectivity index (χ0v) is 14.7. The van der Waals surface area contributed by atoms with Crippen LogP contribution >= 0.6 is 23.2 Å². The summed E-state index contributed by atoms with van der Waals surface area (Å²) in [6, 6.07) is 0. The van der Waals surface area contributed by atoms with Gasteiger partial charge >= 0.3 is 0 Å². The van der Waals surface area contributed by atoms with Crippen LogP contribution in [0.3, 0.4) is 0 Å². The third-order valence-corrected chi connectivity index (χ3v) is 4.59. The van der Waals surface area contributed by atoms with Crippen molar-refractivity contribution in [2.24, 2.45) is 17.1 Å². The van der Waals surface area contributed by atoms with Gasteiger partial charge in [-0.3, -0.25) is 4.79 Å². The molecule has 1 atom stereocenters. The smallest absolute Gasteiger partial charge is 0.225 e. The normalized spacial score (nSPS) is 20.4. The Morgan fingerprint density at radius 2 is 2.12 bits per heavy atom. The predicted molar refractivity (Wildman–Crippen MR) is 90.6 cm³/mol. The van der Waals surface area contributed by atoms with Gasteiger partial charge in [0.1, 0.15) is 11.3 Å². The number of amides is 1. The number of piperidine rings is 1. The number of primary amides is 1. The highest BCUT2D eigenvalue weighted by Crippen LogP contribution is 2.37. The Bertz CT molecular complexity index is 829. The van der Waals surface area contributed by atoms with Crippen LogP contribution in [-0.4, -0.2) is 33.9 Å². The van der Waals surface area contributed by atoms with Gasteiger partial charge in [-0.1, -0.05) is 25.4 Å². The summed E-state index contributed by atoms with van der Waals surface area (Å²) in [5.41, 5.74) is 5.34. The van der Waals surface area contributed by atoms with E-state index in [-0.39, 0.29) is 33.2 Å². The van der Waals surface area contributed by atoms with Gasteiger partial charge in [-0.2, -0.15) is 4.98 Å². The number of rotatable bonds is 2. The van der Waals surface area contributed by atoms with Gasteiger partial charge in [0.05, 0.1) is 11.3 Å². The second-order valence-electron chi connectivity index (χ2n) is 6.79. The zero-order chi connectivity index (χ0) is 17.6. The van der Waals surface area contributed by atoms with Crippen molar-refractivity contribution in [1.29, 1.82) is 0 Å². The highest BCUT2D eigenvalue weighted by atomic mass is 35.5. The molecule has 0 spiro atoms. The molecular formula is C15H16Cl2FN5O. The monoisotopic (exact) mass is 371 g/mol. The van der Waals surface area contributed by atoms with E-state index in [9.17, 15) is 9.18 Å². The Morgan fingerprint density at radius 3 is 2.79 bits per heavy atom. The van der Waals surface area contributed by atoms with Crippen molar-refractivity contribution in [3.05, 3.63) is 22.5 Å². The van der Waals surface area contributed by atoms with Crippen molar-refractivity contribution < 1.29 is 9.18 Å². The zero-order valence-electron chi connectivity index (χ0n) is 13.2. The lowest BCUT2D eigenvalue weighted by atomic mass is 9.78. The fourth-order valence-corrected chi connectivity index (χ4v) is 3.53. The lowest BCUT2D eigenvalue weighted by Gasteiger charge is -2.42. The third kappa shape index (κ3) is 3.10. The first kappa shape index (κ1) is 17.1. The van der Waals surface area contributed by atoms with E-state index in [4.69, 9.17) is 28.9 Å². The molecule has 2 aromatic heterocycles. The van der Waals surface area contributed by atoms with E-state index < -0.39 is 5.82 Å². The molecule has 3 heterocycles. The number of carbonyl (C=O) groups is 1. The molecule has 1 fully saturated rings. The molecule has 0 saturated carbocycles. The Labute approximate surface area is 148 Å². The van der Waals surface area contributed by atoms with Crippen LogP contribution in [0.4, 0.5) is 10.2 Å². The van der Waals surface area contributed by atoms with Gasteiger partial charge in [0.2, 0.25) is 11.2 Å². The average molecular weight is 372 g/mol. The van der Waals surface area contributed by atoms with Crippen LogP contribution in [0.1, 0.15) is 20.3 Å². The number of hydrogen-bond acceptors (Lipinski definition) is 5. The SMILES string of the molecule is CC1(C)CC(C(N)=O)CN(c2nc(Cl)nc3c(F)c(Cl)ncc23)C1. The summed E-state index contributed by atoms with van der Waals surface area (Å²) in [6.07, 6.45) is 2.08. The number of anilines is 1. The molecule has 128 valence electrons. The number of aromatic nitrogens is 3. The Kier molecular flexibility index (Phi) is 4.25. The summed E-state index contributed by atoms with van der Waals surface area (Å²) in [5, 5.41) is 0.0112. The Balaban J connectivity index is 2.14. The fourth-order valence-electron chi connectivity index (χ4n) is 3.23. The van der Waals surface area contributed by atoms with Crippen molar-refractivity contribution in [1.82, 2.24) is 15.0 Å². The molecule has 2 aromatic rings. The first-order valence-corrected chi connectivity index (χ1v) is 8.15. The van der Waals surface area contributed by atoms with Crippen molar-refractivity contribution in [2.75, 3.05) is 18.0 Å². The van der Waals surface area contributed by atoms with Gasteiger partial charge in [0.25, 0.3) is 0 Å². The summed E-state index contributed by atoms with van der Waals surface area (Å²) in [5.74, 6) is -1.03. The maximum atomic E-state index is 14.2. The van der Waals surface area contributed by atoms with Crippen LogP contribution in [0.5, 0.6) is 0 Å². The molecule has 1 saturated heterocycles. The summed E-state index contributed by atoms with van der Waals surface area (Å²) < 4.78 is 14.2. The molecular weight excluding hydrogens is 356 g/mol. The first-order valence-electron chi connectivity index (χ1n) is 7.39. The highest BCUT2D eigenvalue weighted by Gasteiger charge is 2.36. The fraction of sp³-hybridized carbons (Fsp3) is 0.467. The molecule has 0 bridgehead atoms. The molecule has 3 rings (SSSR count). The molecule has 0 radical (unpaired) electrons. The van der Waals surface area contributed by atoms with E-state index in [0.717, 1.165) is 0 Å². The number of hydrogen-bond donors (Lipinski definition) is 1. The predicted octanol–water partition coefficient (Wildman–Crippen LogP) is 2.81. The highest BCUT2D eigenvalue weighted by molar-refractivity contribution is 6.30. The van der Waals surface area contributed by atoms with Crippen molar-refractivity contribution in [3.63, 3.8) is 0 Å². The van der Waals surface area contributed by atoms with Crippen LogP contribution in [0.15, 0.2) is 6.20 Å². The summed E-state index contributed by atoms with van der Waals surface area (Å²) >= 11 is 11.7. The first-order chi connectivity index (χ1) is 11.2. The van der Waals surface area contributed by atoms with Gasteiger partial charge in [0.15, 0.2) is 11.0 Å². The van der Waals surface area contributed by atoms with E-state index in [0.29, 0.717) is 30.7 Å². The average Bonchev–Trinajstić information content (AvgIpc) is 2.49. The molecule has 1 amide bonds. The third-order valence-electron chi connectivity index (χ3n) is 4.15. The molecule has 1 aliphatic heterocycles. The quantitative estimate of drug-likeness (QED) is 0.647. The molecule has 1 unspecified atom stereocenters. The van der Waals surface area contributed by atoms with Gasteiger partial charge in [0, 0.05) is 19.3 Å². The van der Waals surface area contributed by atoms with E-state index in [1.54, 1.807) is 0 Å². The minimum atomic E-state index is -0.748. The van der Waals surface area contributed by atoms with Crippen LogP contribution in [0.25, 0.3) is 10.9 Å². The van der Waals surface area contributed by atoms with Crippen LogP contribution in [0, 0.1) is 17.2 Å². The maximum absolute atomic E-state index is 14.2. The topological polar surface area (TPSA) is 85.0 Å². The molecule has 6 nitrogen and oxygen atoms in total. The molecule has 1 aliphatic rings. The number of nitrogens with two attached hydrogens (primary N) is 1. The second-order valence-corrected chi connectivity index (χ2v) is 7.49. The summed E-state index contributed by atoms with van der Waals surface area (Å²) in [4.78, 5) is 25.6. The van der Waals surface area contributed by atoms with Crippen LogP contribution in [-0.2, 0) is 4.79 Å². The number of halogens is 3. The van der Waals surface area contributed by atoms with Crippen LogP contribution in [0.2, 0.25) is 10.4 Å². The second kappa shape index (κ2) is 5.97. The van der Waals surface area contributed by atoms with E-state index in [1.807, 2.05) is 18.7 Å². The van der Waals surface area contributed by atoms with E-state index in [1.165, 1.54) is 6.20 Å². The largest absolute Gasteiger partial charge is 0.369 e. The number of fused-ring (bicyclic) bond motifs is 1. The van der Waals surface area contributed by atoms with Gasteiger partial charge < -0.3 is 10.6 Å². The molecule has 0 aliphatic carbocycles. The van der Waals surface area contributed by atoms with E-state index >= 15 is 0 Å². The summed E-state index contributed by atoms with van der Waals surface area (Å²) in [6.45, 7) is 5.07. The molecule has 0 aromatic carbocycles. The van der Waals surface area contributed by atoms with Crippen molar-refractivity contribution in [2.45, 2.75) is 20.3 Å². The van der Waals surface area contributed by atoms with Gasteiger partial charge in [-0.25, -0.2) is 14.4 Å². The minimum absolute atomic E-state index is 0.00371. The molecule has 2 N–H and O–H groups in total. The summed E-state index contributed by atoms with van der Waals surface area (Å²) in [7, 11) is 0. The minimum Gasteiger partial charge on any atom is -0.369 e. The Hall–Kier alpha value is -1.73. The lowest BCUT2D eigenvalue weighted by Crippen LogP contribution is -2.49. The van der Waals surface area contributed by atoms with Gasteiger partial charge in [-0.05, 0) is 23.4 Å². The number of nitrogens with zero attached hydrogens (tertiary/aromatic N) is 4. The standard InChI is InChI=1S/C15H16Cl2FN5O/c1-15(2)3-7(12(19)24)5-23(6-15)13-8-4-20-11(16)9(18)10(8)21-14(17)22-13/h4,7H,3,5-6H2,1-2H3,(H2,19,24). The van der Waals surface area contributed by atoms with Crippen molar-refractivity contribution >= 4 is 45.8 Å². The molecule has 9 heteroatoms.